The number of benzene rings is 2. The standard InChI is InChI=1S/C18H16ClN2OS2/c1-20-13-6-4-11(19)8-16(13)24-17(20)10-18-21(2)14-9-12(22-3)5-7-15(14)23-18/h4-10H,1-3H3/q+1. The Kier molecular flexibility index (Phi) is 3.95. The lowest BCUT2D eigenvalue weighted by Gasteiger charge is -2.13. The molecule has 3 aromatic rings. The van der Waals surface area contributed by atoms with Gasteiger partial charge in [-0.15, -0.1) is 0 Å². The summed E-state index contributed by atoms with van der Waals surface area (Å²) in [5.74, 6) is 0.879. The first-order valence-corrected chi connectivity index (χ1v) is 9.47. The van der Waals surface area contributed by atoms with Crippen molar-refractivity contribution in [3.63, 3.8) is 0 Å². The average molecular weight is 376 g/mol. The summed E-state index contributed by atoms with van der Waals surface area (Å²) >= 11 is 9.65. The zero-order chi connectivity index (χ0) is 16.8. The summed E-state index contributed by atoms with van der Waals surface area (Å²) in [6.45, 7) is 0. The fraction of sp³-hybridized carbons (Fsp3) is 0.167. The van der Waals surface area contributed by atoms with Crippen LogP contribution in [0.3, 0.4) is 0 Å². The molecule has 0 saturated heterocycles. The van der Waals surface area contributed by atoms with Crippen molar-refractivity contribution < 1.29 is 9.30 Å². The van der Waals surface area contributed by atoms with Crippen LogP contribution >= 0.6 is 34.7 Å². The number of nitrogens with zero attached hydrogens (tertiary/aromatic N) is 2. The van der Waals surface area contributed by atoms with Crippen LogP contribution in [-0.4, -0.2) is 14.2 Å². The van der Waals surface area contributed by atoms with E-state index in [2.05, 4.69) is 47.8 Å². The molecule has 0 spiro atoms. The highest BCUT2D eigenvalue weighted by molar-refractivity contribution is 8.03. The third-order valence-electron chi connectivity index (χ3n) is 4.15. The van der Waals surface area contributed by atoms with Crippen molar-refractivity contribution in [1.29, 1.82) is 0 Å². The molecule has 0 bridgehead atoms. The second-order valence-electron chi connectivity index (χ2n) is 5.59. The van der Waals surface area contributed by atoms with Crippen LogP contribution in [0.4, 0.5) is 5.69 Å². The average Bonchev–Trinajstić information content (AvgIpc) is 3.05. The lowest BCUT2D eigenvalue weighted by molar-refractivity contribution is -0.642. The minimum absolute atomic E-state index is 0.774. The smallest absolute Gasteiger partial charge is 0.265 e. The first-order chi connectivity index (χ1) is 11.6. The molecule has 0 atom stereocenters. The largest absolute Gasteiger partial charge is 0.497 e. The Labute approximate surface area is 154 Å². The van der Waals surface area contributed by atoms with Gasteiger partial charge in [0.15, 0.2) is 0 Å². The summed E-state index contributed by atoms with van der Waals surface area (Å²) in [5, 5.41) is 3.17. The molecule has 0 radical (unpaired) electrons. The minimum Gasteiger partial charge on any atom is -0.497 e. The highest BCUT2D eigenvalue weighted by Crippen LogP contribution is 2.47. The normalized spacial score (nSPS) is 15.3. The van der Waals surface area contributed by atoms with Crippen LogP contribution < -0.4 is 14.2 Å². The van der Waals surface area contributed by atoms with Crippen LogP contribution in [0.15, 0.2) is 46.3 Å². The predicted molar refractivity (Wildman–Crippen MR) is 103 cm³/mol. The summed E-state index contributed by atoms with van der Waals surface area (Å²) in [5.41, 5.74) is 2.37. The molecule has 1 aliphatic heterocycles. The summed E-state index contributed by atoms with van der Waals surface area (Å²) in [6, 6.07) is 12.2. The van der Waals surface area contributed by atoms with E-state index in [1.165, 1.54) is 30.8 Å². The van der Waals surface area contributed by atoms with Gasteiger partial charge in [0, 0.05) is 29.1 Å². The Balaban J connectivity index is 1.76. The van der Waals surface area contributed by atoms with E-state index in [0.29, 0.717) is 0 Å². The number of rotatable bonds is 2. The van der Waals surface area contributed by atoms with E-state index < -0.39 is 0 Å². The molecule has 122 valence electrons. The second-order valence-corrected chi connectivity index (χ2v) is 8.15. The topological polar surface area (TPSA) is 16.4 Å². The Morgan fingerprint density at radius 2 is 2.04 bits per heavy atom. The van der Waals surface area contributed by atoms with Gasteiger partial charge >= 0.3 is 0 Å². The van der Waals surface area contributed by atoms with E-state index in [9.17, 15) is 0 Å². The molecule has 0 N–H and O–H groups in total. The molecule has 0 unspecified atom stereocenters. The molecule has 2 heterocycles. The number of halogens is 1. The van der Waals surface area contributed by atoms with Crippen LogP contribution in [-0.2, 0) is 7.05 Å². The summed E-state index contributed by atoms with van der Waals surface area (Å²) in [7, 11) is 5.88. The second kappa shape index (κ2) is 5.99. The van der Waals surface area contributed by atoms with Gasteiger partial charge in [0.1, 0.15) is 17.5 Å². The van der Waals surface area contributed by atoms with Crippen molar-refractivity contribution in [2.75, 3.05) is 19.1 Å². The van der Waals surface area contributed by atoms with Gasteiger partial charge in [0.05, 0.1) is 23.9 Å². The molecule has 0 aliphatic carbocycles. The first-order valence-electron chi connectivity index (χ1n) is 7.46. The molecule has 2 aromatic carbocycles. The van der Waals surface area contributed by atoms with E-state index in [1.54, 1.807) is 30.2 Å². The van der Waals surface area contributed by atoms with Gasteiger partial charge in [-0.05, 0) is 24.3 Å². The third kappa shape index (κ3) is 2.57. The molecule has 1 aromatic heterocycles. The molecule has 6 heteroatoms. The number of ether oxygens (including phenoxy) is 1. The van der Waals surface area contributed by atoms with E-state index >= 15 is 0 Å². The molecular formula is C18H16ClN2OS2+. The fourth-order valence-electron chi connectivity index (χ4n) is 2.78. The molecule has 0 fully saturated rings. The molecule has 3 nitrogen and oxygen atoms in total. The van der Waals surface area contributed by atoms with Gasteiger partial charge in [0.2, 0.25) is 5.52 Å². The van der Waals surface area contributed by atoms with E-state index in [4.69, 9.17) is 16.3 Å². The summed E-state index contributed by atoms with van der Waals surface area (Å²) in [6.07, 6.45) is 2.23. The van der Waals surface area contributed by atoms with Crippen molar-refractivity contribution >= 4 is 56.7 Å². The number of hydrogen-bond acceptors (Lipinski definition) is 4. The SMILES string of the molecule is COc1ccc2c(c1)N(C)/C(=C\c1sc3cc(Cl)ccc3[n+]1C)S2. The minimum atomic E-state index is 0.774. The molecular weight excluding hydrogens is 360 g/mol. The number of hydrogen-bond donors (Lipinski definition) is 0. The molecule has 1 aliphatic rings. The number of thiazole rings is 1. The molecule has 0 amide bonds. The summed E-state index contributed by atoms with van der Waals surface area (Å²) < 4.78 is 8.75. The number of thioether (sulfide) groups is 1. The Bertz CT molecular complexity index is 981. The quantitative estimate of drug-likeness (QED) is 0.591. The predicted octanol–water partition coefficient (Wildman–Crippen LogP) is 4.93. The highest BCUT2D eigenvalue weighted by Gasteiger charge is 2.25. The molecule has 0 saturated carbocycles. The Hall–Kier alpha value is -1.69. The van der Waals surface area contributed by atoms with Gasteiger partial charge in [0.25, 0.3) is 5.01 Å². The Morgan fingerprint density at radius 3 is 2.83 bits per heavy atom. The lowest BCUT2D eigenvalue weighted by atomic mass is 10.3. The van der Waals surface area contributed by atoms with Gasteiger partial charge < -0.3 is 9.64 Å². The van der Waals surface area contributed by atoms with Crippen molar-refractivity contribution in [2.45, 2.75) is 4.90 Å². The summed E-state index contributed by atoms with van der Waals surface area (Å²) in [4.78, 5) is 3.45. The maximum atomic E-state index is 6.12. The van der Waals surface area contributed by atoms with Crippen LogP contribution in [0.5, 0.6) is 5.75 Å². The van der Waals surface area contributed by atoms with E-state index in [-0.39, 0.29) is 0 Å². The van der Waals surface area contributed by atoms with Crippen LogP contribution in [0, 0.1) is 0 Å². The number of methoxy groups -OCH3 is 1. The van der Waals surface area contributed by atoms with E-state index in [0.717, 1.165) is 10.8 Å². The maximum Gasteiger partial charge on any atom is 0.265 e. The van der Waals surface area contributed by atoms with Crippen LogP contribution in [0.2, 0.25) is 5.02 Å². The number of aryl methyl sites for hydroxylation is 1. The van der Waals surface area contributed by atoms with Crippen molar-refractivity contribution in [1.82, 2.24) is 0 Å². The fourth-order valence-corrected chi connectivity index (χ4v) is 5.28. The number of aromatic nitrogens is 1. The van der Waals surface area contributed by atoms with Crippen LogP contribution in [0.1, 0.15) is 5.01 Å². The number of anilines is 1. The third-order valence-corrected chi connectivity index (χ3v) is 6.70. The van der Waals surface area contributed by atoms with Crippen molar-refractivity contribution in [2.24, 2.45) is 7.05 Å². The van der Waals surface area contributed by atoms with Crippen LogP contribution in [0.25, 0.3) is 16.3 Å². The monoisotopic (exact) mass is 375 g/mol. The van der Waals surface area contributed by atoms with Crippen molar-refractivity contribution in [3.05, 3.63) is 51.5 Å². The van der Waals surface area contributed by atoms with Gasteiger partial charge in [-0.2, -0.15) is 4.57 Å². The maximum absolute atomic E-state index is 6.12. The molecule has 4 rings (SSSR count). The lowest BCUT2D eigenvalue weighted by Crippen LogP contribution is -2.29. The van der Waals surface area contributed by atoms with Gasteiger partial charge in [-0.25, -0.2) is 0 Å². The highest BCUT2D eigenvalue weighted by atomic mass is 35.5. The van der Waals surface area contributed by atoms with Gasteiger partial charge in [-0.1, -0.05) is 34.7 Å². The molecule has 24 heavy (non-hydrogen) atoms. The zero-order valence-electron chi connectivity index (χ0n) is 13.5. The van der Waals surface area contributed by atoms with Crippen molar-refractivity contribution in [3.8, 4) is 5.75 Å². The van der Waals surface area contributed by atoms with E-state index in [1.807, 2.05) is 18.2 Å². The zero-order valence-corrected chi connectivity index (χ0v) is 15.9. The number of fused-ring (bicyclic) bond motifs is 2. The Morgan fingerprint density at radius 1 is 1.21 bits per heavy atom. The van der Waals surface area contributed by atoms with Gasteiger partial charge in [-0.3, -0.25) is 0 Å². The first kappa shape index (κ1) is 15.8.